The number of oxazole rings is 1. The number of carbonyl (C=O) groups is 1. The van der Waals surface area contributed by atoms with Crippen molar-refractivity contribution >= 4 is 5.91 Å². The molecule has 0 spiro atoms. The number of carbonyl (C=O) groups excluding carboxylic acids is 1. The highest BCUT2D eigenvalue weighted by atomic mass is 19.4. The molecule has 2 aromatic heterocycles. The van der Waals surface area contributed by atoms with Crippen LogP contribution in [0.5, 0.6) is 5.75 Å². The number of benzene rings is 1. The maximum Gasteiger partial charge on any atom is 0.573 e. The Labute approximate surface area is 161 Å². The summed E-state index contributed by atoms with van der Waals surface area (Å²) >= 11 is 0. The molecule has 0 saturated carbocycles. The first-order chi connectivity index (χ1) is 13.8. The molecule has 1 aliphatic rings. The normalized spacial score (nSPS) is 14.1. The molecule has 3 aromatic rings. The minimum Gasteiger partial charge on any atom is -0.442 e. The molecule has 0 radical (unpaired) electrons. The Morgan fingerprint density at radius 3 is 2.76 bits per heavy atom. The Bertz CT molecular complexity index is 1050. The third-order valence-electron chi connectivity index (χ3n) is 4.41. The van der Waals surface area contributed by atoms with Crippen LogP contribution in [0.4, 0.5) is 17.6 Å². The van der Waals surface area contributed by atoms with Gasteiger partial charge < -0.3 is 14.1 Å². The van der Waals surface area contributed by atoms with Crippen molar-refractivity contribution in [2.24, 2.45) is 0 Å². The number of fused-ring (bicyclic) bond motifs is 1. The summed E-state index contributed by atoms with van der Waals surface area (Å²) in [5.74, 6) is -1.19. The average Bonchev–Trinajstić information content (AvgIpc) is 3.20. The van der Waals surface area contributed by atoms with E-state index in [1.807, 2.05) is 0 Å². The largest absolute Gasteiger partial charge is 0.573 e. The van der Waals surface area contributed by atoms with Crippen LogP contribution in [0.1, 0.15) is 21.6 Å². The first-order valence-corrected chi connectivity index (χ1v) is 8.52. The summed E-state index contributed by atoms with van der Waals surface area (Å²) in [4.78, 5) is 22.4. The van der Waals surface area contributed by atoms with E-state index >= 15 is 0 Å². The van der Waals surface area contributed by atoms with E-state index in [0.717, 1.165) is 18.2 Å². The Balaban J connectivity index is 1.55. The lowest BCUT2D eigenvalue weighted by Gasteiger charge is -2.28. The minimum atomic E-state index is -4.89. The van der Waals surface area contributed by atoms with Gasteiger partial charge in [0.2, 0.25) is 0 Å². The van der Waals surface area contributed by atoms with Crippen LogP contribution in [-0.4, -0.2) is 33.7 Å². The highest BCUT2D eigenvalue weighted by Crippen LogP contribution is 2.27. The summed E-state index contributed by atoms with van der Waals surface area (Å²) in [7, 11) is 0. The van der Waals surface area contributed by atoms with Crippen molar-refractivity contribution in [1.82, 2.24) is 14.9 Å². The van der Waals surface area contributed by atoms with E-state index in [9.17, 15) is 22.4 Å². The van der Waals surface area contributed by atoms with Gasteiger partial charge in [-0.3, -0.25) is 4.79 Å². The zero-order valence-electron chi connectivity index (χ0n) is 14.7. The third-order valence-corrected chi connectivity index (χ3v) is 4.41. The van der Waals surface area contributed by atoms with Gasteiger partial charge in [0.05, 0.1) is 17.5 Å². The third kappa shape index (κ3) is 4.05. The highest BCUT2D eigenvalue weighted by molar-refractivity contribution is 5.96. The fourth-order valence-electron chi connectivity index (χ4n) is 3.10. The number of ether oxygens (including phenoxy) is 1. The second kappa shape index (κ2) is 7.19. The average molecular weight is 407 g/mol. The number of alkyl halides is 3. The number of rotatable bonds is 4. The van der Waals surface area contributed by atoms with E-state index in [1.54, 1.807) is 12.1 Å². The van der Waals surface area contributed by atoms with Gasteiger partial charge in [-0.1, -0.05) is 0 Å². The van der Waals surface area contributed by atoms with Gasteiger partial charge in [-0.2, -0.15) is 0 Å². The second-order valence-corrected chi connectivity index (χ2v) is 6.33. The van der Waals surface area contributed by atoms with E-state index in [0.29, 0.717) is 29.1 Å². The number of pyridine rings is 1. The summed E-state index contributed by atoms with van der Waals surface area (Å²) in [6.45, 7) is 0.0471. The topological polar surface area (TPSA) is 68.5 Å². The lowest BCUT2D eigenvalue weighted by molar-refractivity contribution is -0.274. The monoisotopic (exact) mass is 407 g/mol. The highest BCUT2D eigenvalue weighted by Gasteiger charge is 2.32. The SMILES string of the molecule is O=C1c2ccc(-c3cnco3)nc2CCN1Cc1cc(OC(F)(F)F)ccc1F. The molecule has 0 unspecified atom stereocenters. The fourth-order valence-corrected chi connectivity index (χ4v) is 3.10. The van der Waals surface area contributed by atoms with Crippen LogP contribution in [0.25, 0.3) is 11.5 Å². The summed E-state index contributed by atoms with van der Waals surface area (Å²) in [5, 5.41) is 0. The van der Waals surface area contributed by atoms with Crippen LogP contribution < -0.4 is 4.74 Å². The molecule has 0 fully saturated rings. The number of hydrogen-bond donors (Lipinski definition) is 0. The fraction of sp³-hybridized carbons (Fsp3) is 0.211. The van der Waals surface area contributed by atoms with Gasteiger partial charge in [0.25, 0.3) is 5.91 Å². The van der Waals surface area contributed by atoms with Crippen molar-refractivity contribution < 1.29 is 31.5 Å². The van der Waals surface area contributed by atoms with Gasteiger partial charge in [-0.05, 0) is 30.3 Å². The van der Waals surface area contributed by atoms with Crippen LogP contribution in [0.3, 0.4) is 0 Å². The summed E-state index contributed by atoms with van der Waals surface area (Å²) in [6, 6.07) is 5.91. The predicted molar refractivity (Wildman–Crippen MR) is 91.3 cm³/mol. The Morgan fingerprint density at radius 2 is 2.03 bits per heavy atom. The van der Waals surface area contributed by atoms with Crippen molar-refractivity contribution in [3.8, 4) is 17.2 Å². The molecule has 10 heteroatoms. The molecule has 0 saturated heterocycles. The maximum atomic E-state index is 14.1. The van der Waals surface area contributed by atoms with Gasteiger partial charge in [0.1, 0.15) is 17.3 Å². The molecular weight excluding hydrogens is 394 g/mol. The molecule has 29 heavy (non-hydrogen) atoms. The van der Waals surface area contributed by atoms with Gasteiger partial charge >= 0.3 is 6.36 Å². The van der Waals surface area contributed by atoms with Crippen molar-refractivity contribution in [2.45, 2.75) is 19.3 Å². The van der Waals surface area contributed by atoms with Crippen LogP contribution in [-0.2, 0) is 13.0 Å². The summed E-state index contributed by atoms with van der Waals surface area (Å²) in [6.07, 6.45) is -1.70. The smallest absolute Gasteiger partial charge is 0.442 e. The van der Waals surface area contributed by atoms with Crippen LogP contribution in [0.15, 0.2) is 47.3 Å². The molecule has 3 heterocycles. The number of hydrogen-bond acceptors (Lipinski definition) is 5. The van der Waals surface area contributed by atoms with Crippen LogP contribution in [0, 0.1) is 5.82 Å². The molecule has 4 rings (SSSR count). The van der Waals surface area contributed by atoms with Crippen molar-refractivity contribution in [3.63, 3.8) is 0 Å². The Hall–Kier alpha value is -3.43. The summed E-state index contributed by atoms with van der Waals surface area (Å²) < 4.78 is 60.3. The van der Waals surface area contributed by atoms with Crippen molar-refractivity contribution in [1.29, 1.82) is 0 Å². The number of aromatic nitrogens is 2. The number of nitrogens with zero attached hydrogens (tertiary/aromatic N) is 3. The molecule has 1 aliphatic heterocycles. The van der Waals surface area contributed by atoms with Gasteiger partial charge in [-0.15, -0.1) is 13.2 Å². The number of halogens is 4. The van der Waals surface area contributed by atoms with Crippen molar-refractivity contribution in [2.75, 3.05) is 6.54 Å². The van der Waals surface area contributed by atoms with E-state index in [2.05, 4.69) is 14.7 Å². The molecule has 1 aromatic carbocycles. The van der Waals surface area contributed by atoms with Crippen LogP contribution >= 0.6 is 0 Å². The predicted octanol–water partition coefficient (Wildman–Crippen LogP) is 3.97. The Kier molecular flexibility index (Phi) is 4.69. The molecule has 150 valence electrons. The standard InChI is InChI=1S/C19H13F4N3O3/c20-14-3-1-12(29-19(21,22)23)7-11(14)9-26-6-5-15-13(18(26)27)2-4-16(25-15)17-8-24-10-28-17/h1-4,7-8,10H,5-6,9H2. The quantitative estimate of drug-likeness (QED) is 0.612. The van der Waals surface area contributed by atoms with Gasteiger partial charge in [0, 0.05) is 25.1 Å². The van der Waals surface area contributed by atoms with Crippen molar-refractivity contribution in [3.05, 3.63) is 65.6 Å². The second-order valence-electron chi connectivity index (χ2n) is 6.33. The molecule has 0 aliphatic carbocycles. The maximum absolute atomic E-state index is 14.1. The van der Waals surface area contributed by atoms with Crippen LogP contribution in [0.2, 0.25) is 0 Å². The Morgan fingerprint density at radius 1 is 1.21 bits per heavy atom. The minimum absolute atomic E-state index is 0.0743. The van der Waals surface area contributed by atoms with E-state index in [-0.39, 0.29) is 24.6 Å². The van der Waals surface area contributed by atoms with E-state index in [4.69, 9.17) is 4.42 Å². The first kappa shape index (κ1) is 18.9. The van der Waals surface area contributed by atoms with E-state index < -0.39 is 17.9 Å². The zero-order valence-corrected chi connectivity index (χ0v) is 14.7. The molecule has 1 amide bonds. The molecule has 0 bridgehead atoms. The summed E-state index contributed by atoms with van der Waals surface area (Å²) in [5.41, 5.74) is 1.37. The molecule has 0 N–H and O–H groups in total. The lowest BCUT2D eigenvalue weighted by atomic mass is 10.0. The van der Waals surface area contributed by atoms with Gasteiger partial charge in [0.15, 0.2) is 12.2 Å². The molecule has 6 nitrogen and oxygen atoms in total. The zero-order chi connectivity index (χ0) is 20.6. The van der Waals surface area contributed by atoms with Gasteiger partial charge in [-0.25, -0.2) is 14.4 Å². The van der Waals surface area contributed by atoms with E-state index in [1.165, 1.54) is 17.5 Å². The first-order valence-electron chi connectivity index (χ1n) is 8.52. The number of amides is 1. The molecule has 0 atom stereocenters. The lowest BCUT2D eigenvalue weighted by Crippen LogP contribution is -2.37. The molecular formula is C19H13F4N3O3.